The van der Waals surface area contributed by atoms with Gasteiger partial charge < -0.3 is 10.1 Å². The summed E-state index contributed by atoms with van der Waals surface area (Å²) in [5.41, 5.74) is 0. The van der Waals surface area contributed by atoms with Gasteiger partial charge in [0.15, 0.2) is 0 Å². The quantitative estimate of drug-likeness (QED) is 0.837. The van der Waals surface area contributed by atoms with E-state index >= 15 is 0 Å². The Morgan fingerprint density at radius 3 is 2.44 bits per heavy atom. The Balaban J connectivity index is 1.91. The fraction of sp³-hybridized carbons (Fsp3) is 1.00. The van der Waals surface area contributed by atoms with Gasteiger partial charge in [-0.05, 0) is 38.3 Å². The molecule has 1 unspecified atom stereocenters. The highest BCUT2D eigenvalue weighted by Gasteiger charge is 2.35. The molecule has 1 atom stereocenters. The van der Waals surface area contributed by atoms with Gasteiger partial charge in [0.25, 0.3) is 0 Å². The third kappa shape index (κ3) is 4.40. The number of ether oxygens (including phenoxy) is 1. The second kappa shape index (κ2) is 6.21. The number of alkyl halides is 3. The van der Waals surface area contributed by atoms with Crippen molar-refractivity contribution in [3.05, 3.63) is 0 Å². The first kappa shape index (κ1) is 14.1. The monoisotopic (exact) mass is 266 g/mol. The Kier molecular flexibility index (Phi) is 4.86. The SMILES string of the molecule is FC(F)(F)CN(CC1CCOC1)C1CCNCC1. The molecule has 1 N–H and O–H groups in total. The average Bonchev–Trinajstić information content (AvgIpc) is 2.80. The van der Waals surface area contributed by atoms with E-state index in [2.05, 4.69) is 5.32 Å². The highest BCUT2D eigenvalue weighted by atomic mass is 19.4. The minimum Gasteiger partial charge on any atom is -0.381 e. The third-order valence-corrected chi connectivity index (χ3v) is 3.72. The van der Waals surface area contributed by atoms with Crippen LogP contribution in [0.3, 0.4) is 0 Å². The van der Waals surface area contributed by atoms with Crippen molar-refractivity contribution in [1.29, 1.82) is 0 Å². The number of rotatable bonds is 4. The van der Waals surface area contributed by atoms with Gasteiger partial charge in [0.1, 0.15) is 0 Å². The molecule has 2 fully saturated rings. The molecule has 0 aromatic heterocycles. The number of halogens is 3. The summed E-state index contributed by atoms with van der Waals surface area (Å²) in [5.74, 6) is 0.266. The van der Waals surface area contributed by atoms with Gasteiger partial charge in [0.05, 0.1) is 13.2 Å². The number of piperidine rings is 1. The Hall–Kier alpha value is -0.330. The summed E-state index contributed by atoms with van der Waals surface area (Å²) in [7, 11) is 0. The van der Waals surface area contributed by atoms with Gasteiger partial charge in [-0.2, -0.15) is 13.2 Å². The predicted octanol–water partition coefficient (Wildman–Crippen LogP) is 1.64. The van der Waals surface area contributed by atoms with E-state index in [4.69, 9.17) is 4.74 Å². The van der Waals surface area contributed by atoms with Crippen LogP contribution in [0.2, 0.25) is 0 Å². The number of hydrogen-bond donors (Lipinski definition) is 1. The minimum absolute atomic E-state index is 0.0634. The highest BCUT2D eigenvalue weighted by Crippen LogP contribution is 2.24. The molecular weight excluding hydrogens is 245 g/mol. The van der Waals surface area contributed by atoms with E-state index in [9.17, 15) is 13.2 Å². The molecule has 2 saturated heterocycles. The molecule has 0 bridgehead atoms. The lowest BCUT2D eigenvalue weighted by Crippen LogP contribution is -2.48. The molecule has 0 saturated carbocycles. The maximum Gasteiger partial charge on any atom is 0.401 e. The van der Waals surface area contributed by atoms with Crippen molar-refractivity contribution in [2.24, 2.45) is 5.92 Å². The second-order valence-electron chi connectivity index (χ2n) is 5.26. The van der Waals surface area contributed by atoms with Crippen LogP contribution in [0, 0.1) is 5.92 Å². The highest BCUT2D eigenvalue weighted by molar-refractivity contribution is 4.82. The van der Waals surface area contributed by atoms with Crippen molar-refractivity contribution < 1.29 is 17.9 Å². The zero-order valence-electron chi connectivity index (χ0n) is 10.5. The zero-order chi connectivity index (χ0) is 13.0. The van der Waals surface area contributed by atoms with Crippen LogP contribution in [0.15, 0.2) is 0 Å². The molecule has 0 spiro atoms. The van der Waals surface area contributed by atoms with Crippen molar-refractivity contribution in [3.8, 4) is 0 Å². The summed E-state index contributed by atoms with van der Waals surface area (Å²) in [5, 5.41) is 3.19. The molecule has 2 aliphatic rings. The molecule has 18 heavy (non-hydrogen) atoms. The van der Waals surface area contributed by atoms with Crippen LogP contribution >= 0.6 is 0 Å². The number of nitrogens with one attached hydrogen (secondary N) is 1. The molecule has 2 heterocycles. The van der Waals surface area contributed by atoms with Crippen LogP contribution in [0.5, 0.6) is 0 Å². The Labute approximate surface area is 106 Å². The van der Waals surface area contributed by atoms with Gasteiger partial charge in [0, 0.05) is 19.2 Å². The standard InChI is InChI=1S/C12H21F3N2O/c13-12(14,15)9-17(7-10-3-6-18-8-10)11-1-4-16-5-2-11/h10-11,16H,1-9H2. The van der Waals surface area contributed by atoms with Crippen LogP contribution in [0.4, 0.5) is 13.2 Å². The van der Waals surface area contributed by atoms with E-state index < -0.39 is 12.7 Å². The molecule has 0 aromatic rings. The summed E-state index contributed by atoms with van der Waals surface area (Å²) in [6, 6.07) is 0.0634. The van der Waals surface area contributed by atoms with Crippen LogP contribution in [0.25, 0.3) is 0 Å². The summed E-state index contributed by atoms with van der Waals surface area (Å²) in [4.78, 5) is 1.63. The normalized spacial score (nSPS) is 27.0. The molecule has 106 valence electrons. The van der Waals surface area contributed by atoms with E-state index in [0.717, 1.165) is 32.4 Å². The maximum atomic E-state index is 12.6. The van der Waals surface area contributed by atoms with Crippen molar-refractivity contribution in [1.82, 2.24) is 10.2 Å². The average molecular weight is 266 g/mol. The lowest BCUT2D eigenvalue weighted by atomic mass is 10.0. The number of hydrogen-bond acceptors (Lipinski definition) is 3. The molecule has 0 aromatic carbocycles. The molecule has 2 rings (SSSR count). The van der Waals surface area contributed by atoms with E-state index in [1.807, 2.05) is 0 Å². The van der Waals surface area contributed by atoms with Crippen LogP contribution in [0.1, 0.15) is 19.3 Å². The van der Waals surface area contributed by atoms with E-state index in [-0.39, 0.29) is 12.0 Å². The van der Waals surface area contributed by atoms with Crippen molar-refractivity contribution in [2.75, 3.05) is 39.4 Å². The number of nitrogens with zero attached hydrogens (tertiary/aromatic N) is 1. The van der Waals surface area contributed by atoms with Gasteiger partial charge >= 0.3 is 6.18 Å². The molecule has 0 aliphatic carbocycles. The summed E-state index contributed by atoms with van der Waals surface area (Å²) >= 11 is 0. The zero-order valence-corrected chi connectivity index (χ0v) is 10.5. The Bertz CT molecular complexity index is 248. The van der Waals surface area contributed by atoms with Gasteiger partial charge in [0.2, 0.25) is 0 Å². The molecule has 0 radical (unpaired) electrons. The fourth-order valence-electron chi connectivity index (χ4n) is 2.80. The Morgan fingerprint density at radius 2 is 1.89 bits per heavy atom. The largest absolute Gasteiger partial charge is 0.401 e. The Morgan fingerprint density at radius 1 is 1.17 bits per heavy atom. The van der Waals surface area contributed by atoms with Crippen molar-refractivity contribution >= 4 is 0 Å². The fourth-order valence-corrected chi connectivity index (χ4v) is 2.80. The van der Waals surface area contributed by atoms with Gasteiger partial charge in [-0.3, -0.25) is 4.90 Å². The van der Waals surface area contributed by atoms with Gasteiger partial charge in [-0.1, -0.05) is 0 Å². The van der Waals surface area contributed by atoms with Gasteiger partial charge in [-0.15, -0.1) is 0 Å². The summed E-state index contributed by atoms with van der Waals surface area (Å²) in [6.07, 6.45) is -1.60. The second-order valence-corrected chi connectivity index (χ2v) is 5.26. The molecule has 6 heteroatoms. The predicted molar refractivity (Wildman–Crippen MR) is 62.4 cm³/mol. The molecular formula is C12H21F3N2O. The van der Waals surface area contributed by atoms with Gasteiger partial charge in [-0.25, -0.2) is 0 Å². The molecule has 2 aliphatic heterocycles. The van der Waals surface area contributed by atoms with E-state index in [1.165, 1.54) is 0 Å². The van der Waals surface area contributed by atoms with E-state index in [0.29, 0.717) is 19.8 Å². The third-order valence-electron chi connectivity index (χ3n) is 3.72. The summed E-state index contributed by atoms with van der Waals surface area (Å²) < 4.78 is 43.2. The maximum absolute atomic E-state index is 12.6. The van der Waals surface area contributed by atoms with Crippen LogP contribution in [-0.2, 0) is 4.74 Å². The van der Waals surface area contributed by atoms with E-state index in [1.54, 1.807) is 4.90 Å². The first-order chi connectivity index (χ1) is 8.54. The topological polar surface area (TPSA) is 24.5 Å². The van der Waals surface area contributed by atoms with Crippen molar-refractivity contribution in [3.63, 3.8) is 0 Å². The summed E-state index contributed by atoms with van der Waals surface area (Å²) in [6.45, 7) is 2.68. The minimum atomic E-state index is -4.11. The first-order valence-electron chi connectivity index (χ1n) is 6.64. The molecule has 3 nitrogen and oxygen atoms in total. The van der Waals surface area contributed by atoms with Crippen LogP contribution < -0.4 is 5.32 Å². The van der Waals surface area contributed by atoms with Crippen molar-refractivity contribution in [2.45, 2.75) is 31.5 Å². The van der Waals surface area contributed by atoms with Crippen LogP contribution in [-0.4, -0.2) is 56.5 Å². The smallest absolute Gasteiger partial charge is 0.381 e. The first-order valence-corrected chi connectivity index (χ1v) is 6.64. The molecule has 0 amide bonds. The lowest BCUT2D eigenvalue weighted by molar-refractivity contribution is -0.153. The lowest BCUT2D eigenvalue weighted by Gasteiger charge is -2.36.